The van der Waals surface area contributed by atoms with E-state index in [1.807, 2.05) is 191 Å². The van der Waals surface area contributed by atoms with Crippen LogP contribution in [0.3, 0.4) is 0 Å². The Morgan fingerprint density at radius 2 is 0.388 bits per heavy atom. The molecule has 0 spiro atoms. The van der Waals surface area contributed by atoms with Gasteiger partial charge in [-0.25, -0.2) is 0 Å². The maximum Gasteiger partial charge on any atom is 0.0463 e. The first-order chi connectivity index (χ1) is 47.7. The molecule has 20 aromatic rings. The molecule has 0 nitrogen and oxygen atoms in total. The molecule has 12 aromatic heterocycles. The third-order valence-electron chi connectivity index (χ3n) is 17.8. The van der Waals surface area contributed by atoms with E-state index < -0.39 is 0 Å². The summed E-state index contributed by atoms with van der Waals surface area (Å²) in [6.45, 7) is 33.8. The van der Waals surface area contributed by atoms with Crippen LogP contribution in [0.15, 0.2) is 158 Å². The van der Waals surface area contributed by atoms with E-state index in [1.165, 1.54) is 224 Å². The van der Waals surface area contributed by atoms with Crippen LogP contribution < -0.4 is 0 Å². The van der Waals surface area contributed by atoms with Crippen LogP contribution in [0.1, 0.15) is 97.2 Å². The Morgan fingerprint density at radius 1 is 0.163 bits per heavy atom. The Bertz CT molecular complexity index is 5900. The predicted octanol–water partition coefficient (Wildman–Crippen LogP) is 33.9. The summed E-state index contributed by atoms with van der Waals surface area (Å²) in [6.07, 6.45) is 0. The highest BCUT2D eigenvalue weighted by atomic mass is 32.1. The molecule has 12 heteroatoms. The van der Waals surface area contributed by atoms with Crippen LogP contribution >= 0.6 is 136 Å². The molecule has 20 rings (SSSR count). The van der Waals surface area contributed by atoms with Crippen molar-refractivity contribution in [2.45, 2.75) is 111 Å². The van der Waals surface area contributed by atoms with Gasteiger partial charge in [0.1, 0.15) is 0 Å². The van der Waals surface area contributed by atoms with Crippen LogP contribution in [0.2, 0.25) is 0 Å². The number of rotatable bonds is 7. The molecule has 0 saturated heterocycles. The molecular formula is C86H74S12. The molecule has 8 aromatic carbocycles. The van der Waals surface area contributed by atoms with E-state index in [9.17, 15) is 0 Å². The van der Waals surface area contributed by atoms with Crippen molar-refractivity contribution in [2.75, 3.05) is 0 Å². The molecule has 490 valence electrons. The van der Waals surface area contributed by atoms with Crippen molar-refractivity contribution in [1.82, 2.24) is 0 Å². The maximum atomic E-state index is 2.48. The van der Waals surface area contributed by atoms with Gasteiger partial charge >= 0.3 is 0 Å². The minimum atomic E-state index is 1.32. The van der Waals surface area contributed by atoms with Gasteiger partial charge in [0.15, 0.2) is 0 Å². The molecule has 0 unspecified atom stereocenters. The summed E-state index contributed by atoms with van der Waals surface area (Å²) in [7, 11) is 0. The van der Waals surface area contributed by atoms with Crippen LogP contribution in [0.4, 0.5) is 0 Å². The molecule has 0 aliphatic carbocycles. The number of fused-ring (bicyclic) bond motifs is 13. The molecule has 0 aliphatic heterocycles. The van der Waals surface area contributed by atoms with Crippen molar-refractivity contribution < 1.29 is 0 Å². The minimum Gasteiger partial charge on any atom is -0.140 e. The average molecular weight is 1490 g/mol. The number of aryl methyl sites for hydroxylation is 8. The summed E-state index contributed by atoms with van der Waals surface area (Å²) in [5, 5.41) is 22.5. The van der Waals surface area contributed by atoms with Gasteiger partial charge in [-0.3, -0.25) is 0 Å². The Kier molecular flexibility index (Phi) is 18.7. The van der Waals surface area contributed by atoms with Gasteiger partial charge in [0, 0.05) is 159 Å². The van der Waals surface area contributed by atoms with Crippen molar-refractivity contribution in [2.24, 2.45) is 0 Å². The monoisotopic (exact) mass is 1490 g/mol. The van der Waals surface area contributed by atoms with Gasteiger partial charge in [-0.15, -0.1) is 136 Å². The fraction of sp³-hybridized carbons (Fsp3) is 0.186. The second kappa shape index (κ2) is 27.1. The molecule has 0 atom stereocenters. The van der Waals surface area contributed by atoms with E-state index in [-0.39, 0.29) is 0 Å². The highest BCUT2D eigenvalue weighted by molar-refractivity contribution is 7.33. The highest BCUT2D eigenvalue weighted by Gasteiger charge is 2.26. The summed E-state index contributed by atoms with van der Waals surface area (Å²) >= 11 is 23.1. The summed E-state index contributed by atoms with van der Waals surface area (Å²) in [5.41, 5.74) is 5.31. The van der Waals surface area contributed by atoms with Crippen LogP contribution in [0.5, 0.6) is 0 Å². The number of hydrogen-bond donors (Lipinski definition) is 0. The lowest BCUT2D eigenvalue weighted by atomic mass is 9.88. The zero-order chi connectivity index (χ0) is 68.3. The second-order valence-electron chi connectivity index (χ2n) is 24.3. The average Bonchev–Trinajstić information content (AvgIpc) is 1.41. The third-order valence-corrected chi connectivity index (χ3v) is 32.3. The molecule has 0 fully saturated rings. The summed E-state index contributed by atoms with van der Waals surface area (Å²) in [5.74, 6) is 0. The first kappa shape index (κ1) is 67.4. The summed E-state index contributed by atoms with van der Waals surface area (Å²) in [4.78, 5) is 24.6. The number of benzene rings is 8. The molecule has 0 bridgehead atoms. The Hall–Kier alpha value is -6.46. The van der Waals surface area contributed by atoms with Crippen molar-refractivity contribution in [1.29, 1.82) is 0 Å². The lowest BCUT2D eigenvalue weighted by Gasteiger charge is -2.15. The molecule has 0 N–H and O–H groups in total. The van der Waals surface area contributed by atoms with Gasteiger partial charge in [0.05, 0.1) is 0 Å². The van der Waals surface area contributed by atoms with Gasteiger partial charge in [-0.2, -0.15) is 0 Å². The first-order valence-corrected chi connectivity index (χ1v) is 43.7. The normalized spacial score (nSPS) is 11.7. The standard InChI is InChI=1S/C40H26S6.C38H24S6.4C2H6/c1-19-13-23-25-17-35(33-11-9-31(43-33)29-7-5-21(3)41-29)46-40(25)28-16-20(2)14-24-26-18-36(45-39(26)27(15-19)37(23)38(24)28)34-12-10-32(44-34)30-8-6-22(4)42-30;1-17-9-21-23-14-31(27-6-5-19(3)39-27)43-37(23)25-11-18(2)10-22-24-15-32(44-38(24)26(12-17)35(21)36(22)25)28-7-8-29(41-28)33-16-34-30(42-33)13-20(4)40-34;4*1-2/h5-18H,1-4H3;5-16H,1-4H3;4*1-2H3. The lowest BCUT2D eigenvalue weighted by molar-refractivity contribution is 1.50. The van der Waals surface area contributed by atoms with Crippen molar-refractivity contribution in [3.05, 3.63) is 199 Å². The van der Waals surface area contributed by atoms with Crippen molar-refractivity contribution in [3.63, 3.8) is 0 Å². The third kappa shape index (κ3) is 11.5. The van der Waals surface area contributed by atoms with Crippen LogP contribution in [0.25, 0.3) is 183 Å². The van der Waals surface area contributed by atoms with E-state index in [4.69, 9.17) is 0 Å². The fourth-order valence-corrected chi connectivity index (χ4v) is 27.3. The largest absolute Gasteiger partial charge is 0.140 e. The van der Waals surface area contributed by atoms with E-state index >= 15 is 0 Å². The number of hydrogen-bond acceptors (Lipinski definition) is 12. The van der Waals surface area contributed by atoms with Crippen molar-refractivity contribution >= 4 is 250 Å². The van der Waals surface area contributed by atoms with E-state index in [1.54, 1.807) is 0 Å². The van der Waals surface area contributed by atoms with Crippen molar-refractivity contribution in [3.8, 4) is 68.3 Å². The van der Waals surface area contributed by atoms with Gasteiger partial charge in [-0.05, 0) is 254 Å². The van der Waals surface area contributed by atoms with E-state index in [0.29, 0.717) is 0 Å². The quantitative estimate of drug-likeness (QED) is 0.140. The molecule has 12 heterocycles. The molecule has 0 aliphatic rings. The van der Waals surface area contributed by atoms with Crippen LogP contribution in [-0.4, -0.2) is 0 Å². The molecule has 98 heavy (non-hydrogen) atoms. The van der Waals surface area contributed by atoms with Gasteiger partial charge in [-0.1, -0.05) is 79.7 Å². The maximum absolute atomic E-state index is 2.48. The smallest absolute Gasteiger partial charge is 0.0463 e. The zero-order valence-corrected chi connectivity index (χ0v) is 67.7. The first-order valence-electron chi connectivity index (χ1n) is 33.9. The van der Waals surface area contributed by atoms with Gasteiger partial charge < -0.3 is 0 Å². The van der Waals surface area contributed by atoms with Crippen LogP contribution in [0, 0.1) is 55.4 Å². The molecular weight excluding hydrogens is 1420 g/mol. The summed E-state index contributed by atoms with van der Waals surface area (Å²) < 4.78 is 8.47. The van der Waals surface area contributed by atoms with Crippen LogP contribution in [-0.2, 0) is 0 Å². The highest BCUT2D eigenvalue weighted by Crippen LogP contribution is 2.56. The zero-order valence-electron chi connectivity index (χ0n) is 57.9. The lowest BCUT2D eigenvalue weighted by Crippen LogP contribution is -1.88. The molecule has 0 amide bonds. The molecule has 0 radical (unpaired) electrons. The fourth-order valence-electron chi connectivity index (χ4n) is 14.0. The molecule has 0 saturated carbocycles. The SMILES string of the molecule is CC.CC.CC.CC.Cc1cc2c3cc(-c4ccc(-c5cc6sc(C)cc6s5)s4)sc3c3cc(C)cc4c5cc(-c6ccc(C)s6)sc5c(c1)c2c43.Cc1cc2c3cc(-c4ccc(-c5ccc(C)s5)s4)sc3c3cc(C)cc4c5cc(-c6ccc(-c7ccc(C)s7)s6)sc5c(c1)c2c43. The Labute approximate surface area is 622 Å². The van der Waals surface area contributed by atoms with E-state index in [0.717, 1.165) is 0 Å². The number of thiophene rings is 12. The predicted molar refractivity (Wildman–Crippen MR) is 464 cm³/mol. The van der Waals surface area contributed by atoms with Gasteiger partial charge in [0.25, 0.3) is 0 Å². The Balaban J connectivity index is 0.000000146. The topological polar surface area (TPSA) is 0 Å². The minimum absolute atomic E-state index is 1.32. The van der Waals surface area contributed by atoms with E-state index in [2.05, 4.69) is 213 Å². The Morgan fingerprint density at radius 3 is 0.653 bits per heavy atom. The van der Waals surface area contributed by atoms with Gasteiger partial charge in [0.2, 0.25) is 0 Å². The summed E-state index contributed by atoms with van der Waals surface area (Å²) in [6, 6.07) is 61.5. The second-order valence-corrected chi connectivity index (χ2v) is 38.0.